The molecule has 0 spiro atoms. The van der Waals surface area contributed by atoms with Crippen LogP contribution in [-0.2, 0) is 22.6 Å². The lowest BCUT2D eigenvalue weighted by molar-refractivity contribution is -0.0390. The van der Waals surface area contributed by atoms with E-state index in [4.69, 9.17) is 9.47 Å². The number of benzene rings is 1. The van der Waals surface area contributed by atoms with Gasteiger partial charge in [-0.2, -0.15) is 0 Å². The Morgan fingerprint density at radius 2 is 1.89 bits per heavy atom. The van der Waals surface area contributed by atoms with Crippen molar-refractivity contribution in [3.8, 4) is 0 Å². The number of hydrogen-bond donors (Lipinski definition) is 2. The number of guanidine groups is 1. The van der Waals surface area contributed by atoms with Crippen LogP contribution in [0.5, 0.6) is 0 Å². The van der Waals surface area contributed by atoms with E-state index < -0.39 is 0 Å². The van der Waals surface area contributed by atoms with E-state index >= 15 is 0 Å². The molecule has 0 aromatic heterocycles. The second-order valence-corrected chi connectivity index (χ2v) is 7.89. The zero-order valence-corrected chi connectivity index (χ0v) is 20.2. The molecule has 1 aromatic carbocycles. The van der Waals surface area contributed by atoms with Gasteiger partial charge in [-0.1, -0.05) is 38.1 Å². The molecule has 1 unspecified atom stereocenters. The van der Waals surface area contributed by atoms with Gasteiger partial charge in [0, 0.05) is 32.8 Å². The first kappa shape index (κ1) is 25.2. The van der Waals surface area contributed by atoms with Gasteiger partial charge in [-0.05, 0) is 49.7 Å². The molecule has 0 radical (unpaired) electrons. The molecule has 1 saturated heterocycles. The number of halogens is 1. The zero-order chi connectivity index (χ0) is 19.5. The van der Waals surface area contributed by atoms with Crippen LogP contribution in [0.25, 0.3) is 0 Å². The van der Waals surface area contributed by atoms with Crippen molar-refractivity contribution in [2.24, 2.45) is 10.9 Å². The Kier molecular flexibility index (Phi) is 12.7. The first-order valence-electron chi connectivity index (χ1n) is 10.3. The summed E-state index contributed by atoms with van der Waals surface area (Å²) in [4.78, 5) is 4.35. The molecule has 160 valence electrons. The van der Waals surface area contributed by atoms with E-state index in [0.29, 0.717) is 18.8 Å². The summed E-state index contributed by atoms with van der Waals surface area (Å²) in [7, 11) is 1.82. The highest BCUT2D eigenvalue weighted by molar-refractivity contribution is 14.0. The summed E-state index contributed by atoms with van der Waals surface area (Å²) in [5, 5.41) is 6.90. The predicted octanol–water partition coefficient (Wildman–Crippen LogP) is 4.49. The highest BCUT2D eigenvalue weighted by Gasteiger charge is 2.14. The molecule has 0 bridgehead atoms. The van der Waals surface area contributed by atoms with Gasteiger partial charge in [0.25, 0.3) is 0 Å². The van der Waals surface area contributed by atoms with Crippen molar-refractivity contribution in [1.82, 2.24) is 10.6 Å². The molecule has 1 aliphatic heterocycles. The van der Waals surface area contributed by atoms with E-state index in [9.17, 15) is 0 Å². The van der Waals surface area contributed by atoms with Crippen LogP contribution in [0.1, 0.15) is 57.6 Å². The number of rotatable bonds is 9. The predicted molar refractivity (Wildman–Crippen MR) is 127 cm³/mol. The minimum atomic E-state index is 0. The summed E-state index contributed by atoms with van der Waals surface area (Å²) in [5.74, 6) is 1.59. The molecule has 6 heteroatoms. The lowest BCUT2D eigenvalue weighted by Gasteiger charge is -2.22. The van der Waals surface area contributed by atoms with Crippen molar-refractivity contribution in [2.75, 3.05) is 20.3 Å². The van der Waals surface area contributed by atoms with Gasteiger partial charge < -0.3 is 20.1 Å². The Morgan fingerprint density at radius 1 is 1.18 bits per heavy atom. The van der Waals surface area contributed by atoms with Gasteiger partial charge in [0.15, 0.2) is 5.96 Å². The van der Waals surface area contributed by atoms with Crippen molar-refractivity contribution >= 4 is 29.9 Å². The van der Waals surface area contributed by atoms with Crippen molar-refractivity contribution in [1.29, 1.82) is 0 Å². The van der Waals surface area contributed by atoms with E-state index in [0.717, 1.165) is 50.9 Å². The summed E-state index contributed by atoms with van der Waals surface area (Å²) in [6.45, 7) is 9.78. The third-order valence-corrected chi connectivity index (χ3v) is 4.89. The summed E-state index contributed by atoms with van der Waals surface area (Å²) in [6.07, 6.45) is 4.70. The number of nitrogens with one attached hydrogen (secondary N) is 2. The molecule has 28 heavy (non-hydrogen) atoms. The van der Waals surface area contributed by atoms with Crippen LogP contribution in [0, 0.1) is 5.92 Å². The highest BCUT2D eigenvalue weighted by atomic mass is 127. The summed E-state index contributed by atoms with van der Waals surface area (Å²) in [6, 6.07) is 8.99. The molecule has 2 rings (SSSR count). The smallest absolute Gasteiger partial charge is 0.191 e. The molecule has 1 aliphatic rings. The first-order valence-corrected chi connectivity index (χ1v) is 10.3. The standard InChI is InChI=1S/C22H37N3O2.HI/c1-17(2)8-9-18(3)25-22(23-4)24-15-19-6-5-7-20(14-19)16-27-21-10-12-26-13-11-21;/h5-7,14,17-18,21H,8-13,15-16H2,1-4H3,(H2,23,24,25);1H. The SMILES string of the molecule is CN=C(NCc1cccc(COC2CCOCC2)c1)NC(C)CCC(C)C.I. The van der Waals surface area contributed by atoms with E-state index in [1.165, 1.54) is 17.5 Å². The molecule has 5 nitrogen and oxygen atoms in total. The number of ether oxygens (including phenoxy) is 2. The number of aliphatic imine (C=N–C) groups is 1. The van der Waals surface area contributed by atoms with Crippen LogP contribution in [0.4, 0.5) is 0 Å². The van der Waals surface area contributed by atoms with Gasteiger partial charge in [-0.25, -0.2) is 0 Å². The van der Waals surface area contributed by atoms with E-state index in [-0.39, 0.29) is 24.0 Å². The minimum Gasteiger partial charge on any atom is -0.381 e. The van der Waals surface area contributed by atoms with Gasteiger partial charge in [-0.3, -0.25) is 4.99 Å². The van der Waals surface area contributed by atoms with Crippen molar-refractivity contribution in [2.45, 2.75) is 71.8 Å². The van der Waals surface area contributed by atoms with Crippen LogP contribution in [0.3, 0.4) is 0 Å². The fourth-order valence-corrected chi connectivity index (χ4v) is 3.16. The molecule has 0 amide bonds. The number of hydrogen-bond acceptors (Lipinski definition) is 3. The first-order chi connectivity index (χ1) is 13.1. The second kappa shape index (κ2) is 14.2. The van der Waals surface area contributed by atoms with Crippen LogP contribution < -0.4 is 10.6 Å². The van der Waals surface area contributed by atoms with Gasteiger partial charge in [0.2, 0.25) is 0 Å². The summed E-state index contributed by atoms with van der Waals surface area (Å²) < 4.78 is 11.4. The Bertz CT molecular complexity index is 575. The van der Waals surface area contributed by atoms with Crippen LogP contribution in [0.15, 0.2) is 29.3 Å². The molecule has 0 aliphatic carbocycles. The third kappa shape index (κ3) is 10.1. The van der Waals surface area contributed by atoms with E-state index in [1.807, 2.05) is 7.05 Å². The topological polar surface area (TPSA) is 54.9 Å². The fraction of sp³-hybridized carbons (Fsp3) is 0.682. The van der Waals surface area contributed by atoms with E-state index in [1.54, 1.807) is 0 Å². The summed E-state index contributed by atoms with van der Waals surface area (Å²) in [5.41, 5.74) is 2.45. The van der Waals surface area contributed by atoms with Gasteiger partial charge >= 0.3 is 0 Å². The van der Waals surface area contributed by atoms with Crippen molar-refractivity contribution in [3.63, 3.8) is 0 Å². The van der Waals surface area contributed by atoms with Crippen LogP contribution >= 0.6 is 24.0 Å². The monoisotopic (exact) mass is 503 g/mol. The van der Waals surface area contributed by atoms with Gasteiger partial charge in [0.05, 0.1) is 12.7 Å². The fourth-order valence-electron chi connectivity index (χ4n) is 3.16. The Balaban J connectivity index is 0.00000392. The zero-order valence-electron chi connectivity index (χ0n) is 17.9. The van der Waals surface area contributed by atoms with Crippen molar-refractivity contribution in [3.05, 3.63) is 35.4 Å². The van der Waals surface area contributed by atoms with Crippen LogP contribution in [0.2, 0.25) is 0 Å². The second-order valence-electron chi connectivity index (χ2n) is 7.89. The third-order valence-electron chi connectivity index (χ3n) is 4.89. The number of nitrogens with zero attached hydrogens (tertiary/aromatic N) is 1. The quantitative estimate of drug-likeness (QED) is 0.296. The Morgan fingerprint density at radius 3 is 2.57 bits per heavy atom. The van der Waals surface area contributed by atoms with Gasteiger partial charge in [0.1, 0.15) is 0 Å². The minimum absolute atomic E-state index is 0. The molecule has 0 saturated carbocycles. The summed E-state index contributed by atoms with van der Waals surface area (Å²) >= 11 is 0. The molecular weight excluding hydrogens is 465 g/mol. The maximum absolute atomic E-state index is 6.03. The molecule has 1 heterocycles. The maximum Gasteiger partial charge on any atom is 0.191 e. The lowest BCUT2D eigenvalue weighted by atomic mass is 10.0. The normalized spacial score (nSPS) is 16.5. The average Bonchev–Trinajstić information content (AvgIpc) is 2.69. The molecule has 1 atom stereocenters. The Hall–Kier alpha value is -0.860. The molecule has 1 fully saturated rings. The van der Waals surface area contributed by atoms with Crippen LogP contribution in [-0.4, -0.2) is 38.4 Å². The van der Waals surface area contributed by atoms with E-state index in [2.05, 4.69) is 60.7 Å². The van der Waals surface area contributed by atoms with Crippen molar-refractivity contribution < 1.29 is 9.47 Å². The largest absolute Gasteiger partial charge is 0.381 e. The Labute approximate surface area is 188 Å². The van der Waals surface area contributed by atoms with Gasteiger partial charge in [-0.15, -0.1) is 24.0 Å². The average molecular weight is 503 g/mol. The molecule has 1 aromatic rings. The molecular formula is C22H38IN3O2. The lowest BCUT2D eigenvalue weighted by Crippen LogP contribution is -2.41. The molecule has 2 N–H and O–H groups in total. The highest BCUT2D eigenvalue weighted by Crippen LogP contribution is 2.14. The maximum atomic E-state index is 6.03.